The van der Waals surface area contributed by atoms with E-state index in [0.29, 0.717) is 5.69 Å². The zero-order chi connectivity index (χ0) is 9.84. The van der Waals surface area contributed by atoms with Gasteiger partial charge in [0.15, 0.2) is 0 Å². The molecule has 0 saturated carbocycles. The van der Waals surface area contributed by atoms with Gasteiger partial charge in [-0.25, -0.2) is 0 Å². The normalized spacial score (nSPS) is 9.46. The third-order valence-corrected chi connectivity index (χ3v) is 2.05. The Balaban J connectivity index is 3.03. The highest BCUT2D eigenvalue weighted by Crippen LogP contribution is 2.14. The van der Waals surface area contributed by atoms with E-state index in [-0.39, 0.29) is 5.78 Å². The average molecular weight is 240 g/mol. The third kappa shape index (κ3) is 2.77. The first-order chi connectivity index (χ1) is 6.11. The second-order valence-corrected chi connectivity index (χ2v) is 3.77. The fourth-order valence-electron chi connectivity index (χ4n) is 0.898. The van der Waals surface area contributed by atoms with Crippen LogP contribution in [0.25, 0.3) is 0 Å². The molecule has 0 aromatic carbocycles. The molecule has 68 valence electrons. The summed E-state index contributed by atoms with van der Waals surface area (Å²) in [5.74, 6) is -0.0625. The van der Waals surface area contributed by atoms with Gasteiger partial charge >= 0.3 is 0 Å². The fraction of sp³-hybridized carbons (Fsp3) is 0.200. The molecule has 1 aromatic heterocycles. The molecule has 0 bridgehead atoms. The summed E-state index contributed by atoms with van der Waals surface area (Å²) in [6.07, 6.45) is 3.18. The minimum atomic E-state index is -0.0625. The van der Waals surface area contributed by atoms with Crippen LogP contribution in [-0.4, -0.2) is 10.8 Å². The van der Waals surface area contributed by atoms with Gasteiger partial charge in [-0.05, 0) is 48.0 Å². The van der Waals surface area contributed by atoms with Crippen molar-refractivity contribution in [3.8, 4) is 0 Å². The van der Waals surface area contributed by atoms with Crippen molar-refractivity contribution in [2.24, 2.45) is 0 Å². The Morgan fingerprint density at radius 2 is 2.23 bits per heavy atom. The van der Waals surface area contributed by atoms with Gasteiger partial charge in [0.25, 0.3) is 0 Å². The highest BCUT2D eigenvalue weighted by Gasteiger charge is 2.07. The number of allylic oxidation sites excluding steroid dienone is 2. The average Bonchev–Trinajstić information content (AvgIpc) is 2.03. The van der Waals surface area contributed by atoms with Crippen molar-refractivity contribution in [1.82, 2.24) is 4.98 Å². The highest BCUT2D eigenvalue weighted by atomic mass is 79.9. The van der Waals surface area contributed by atoms with E-state index in [2.05, 4.69) is 20.9 Å². The Kier molecular flexibility index (Phi) is 3.37. The summed E-state index contributed by atoms with van der Waals surface area (Å²) >= 11 is 3.27. The molecule has 1 rings (SSSR count). The van der Waals surface area contributed by atoms with Crippen molar-refractivity contribution in [3.63, 3.8) is 0 Å². The van der Waals surface area contributed by atoms with Crippen LogP contribution in [0.4, 0.5) is 0 Å². The van der Waals surface area contributed by atoms with Crippen LogP contribution in [0, 0.1) is 0 Å². The standard InChI is InChI=1S/C10H10BrNO/c1-7(2)6-9(13)10-8(11)4-3-5-12-10/h3-6H,1-2H3. The van der Waals surface area contributed by atoms with Crippen molar-refractivity contribution in [2.45, 2.75) is 13.8 Å². The molecule has 1 heterocycles. The zero-order valence-electron chi connectivity index (χ0n) is 7.54. The molecule has 0 atom stereocenters. The SMILES string of the molecule is CC(C)=CC(=O)c1ncccc1Br. The Bertz CT molecular complexity index is 354. The van der Waals surface area contributed by atoms with Crippen molar-refractivity contribution < 1.29 is 4.79 Å². The minimum Gasteiger partial charge on any atom is -0.287 e. The van der Waals surface area contributed by atoms with Crippen LogP contribution in [0.15, 0.2) is 34.5 Å². The Morgan fingerprint density at radius 3 is 2.77 bits per heavy atom. The summed E-state index contributed by atoms with van der Waals surface area (Å²) in [4.78, 5) is 15.5. The van der Waals surface area contributed by atoms with Gasteiger partial charge in [0.05, 0.1) is 0 Å². The molecular weight excluding hydrogens is 230 g/mol. The second kappa shape index (κ2) is 4.33. The van der Waals surface area contributed by atoms with Crippen LogP contribution < -0.4 is 0 Å². The van der Waals surface area contributed by atoms with Gasteiger partial charge in [0.1, 0.15) is 5.69 Å². The molecule has 2 nitrogen and oxygen atoms in total. The number of hydrogen-bond donors (Lipinski definition) is 0. The molecule has 0 aliphatic carbocycles. The van der Waals surface area contributed by atoms with E-state index in [0.717, 1.165) is 10.0 Å². The lowest BCUT2D eigenvalue weighted by Crippen LogP contribution is -1.99. The topological polar surface area (TPSA) is 30.0 Å². The quantitative estimate of drug-likeness (QED) is 0.587. The van der Waals surface area contributed by atoms with E-state index in [1.165, 1.54) is 0 Å². The predicted octanol–water partition coefficient (Wildman–Crippen LogP) is 2.99. The largest absolute Gasteiger partial charge is 0.287 e. The van der Waals surface area contributed by atoms with E-state index in [9.17, 15) is 4.79 Å². The number of rotatable bonds is 2. The predicted molar refractivity (Wildman–Crippen MR) is 55.7 cm³/mol. The third-order valence-electron chi connectivity index (χ3n) is 1.41. The molecule has 0 N–H and O–H groups in total. The maximum absolute atomic E-state index is 11.5. The van der Waals surface area contributed by atoms with Gasteiger partial charge in [-0.15, -0.1) is 0 Å². The molecule has 0 spiro atoms. The van der Waals surface area contributed by atoms with Crippen molar-refractivity contribution >= 4 is 21.7 Å². The van der Waals surface area contributed by atoms with Gasteiger partial charge in [0.2, 0.25) is 5.78 Å². The van der Waals surface area contributed by atoms with E-state index >= 15 is 0 Å². The molecule has 0 unspecified atom stereocenters. The monoisotopic (exact) mass is 239 g/mol. The lowest BCUT2D eigenvalue weighted by Gasteiger charge is -1.97. The zero-order valence-corrected chi connectivity index (χ0v) is 9.13. The molecule has 0 amide bonds. The van der Waals surface area contributed by atoms with Crippen LogP contribution >= 0.6 is 15.9 Å². The van der Waals surface area contributed by atoms with Crippen molar-refractivity contribution in [1.29, 1.82) is 0 Å². The first kappa shape index (κ1) is 10.1. The summed E-state index contributed by atoms with van der Waals surface area (Å²) in [7, 11) is 0. The number of ketones is 1. The number of aromatic nitrogens is 1. The van der Waals surface area contributed by atoms with Gasteiger partial charge in [0, 0.05) is 10.7 Å². The number of nitrogens with zero attached hydrogens (tertiary/aromatic N) is 1. The minimum absolute atomic E-state index is 0.0625. The number of halogens is 1. The van der Waals surface area contributed by atoms with Gasteiger partial charge < -0.3 is 0 Å². The Hall–Kier alpha value is -0.960. The van der Waals surface area contributed by atoms with Crippen LogP contribution in [0.5, 0.6) is 0 Å². The first-order valence-electron chi connectivity index (χ1n) is 3.91. The summed E-state index contributed by atoms with van der Waals surface area (Å²) < 4.78 is 0.734. The van der Waals surface area contributed by atoms with Crippen LogP contribution in [0.2, 0.25) is 0 Å². The van der Waals surface area contributed by atoms with E-state index in [4.69, 9.17) is 0 Å². The molecule has 0 aliphatic rings. The highest BCUT2D eigenvalue weighted by molar-refractivity contribution is 9.10. The lowest BCUT2D eigenvalue weighted by molar-refractivity contribution is 0.104. The molecule has 3 heteroatoms. The van der Waals surface area contributed by atoms with Gasteiger partial charge in [-0.1, -0.05) is 5.57 Å². The molecule has 13 heavy (non-hydrogen) atoms. The Morgan fingerprint density at radius 1 is 1.54 bits per heavy atom. The Labute approximate surface area is 85.8 Å². The smallest absolute Gasteiger partial charge is 0.205 e. The number of carbonyl (C=O) groups is 1. The summed E-state index contributed by atoms with van der Waals surface area (Å²) in [5, 5.41) is 0. The summed E-state index contributed by atoms with van der Waals surface area (Å²) in [5.41, 5.74) is 1.44. The summed E-state index contributed by atoms with van der Waals surface area (Å²) in [6.45, 7) is 3.77. The van der Waals surface area contributed by atoms with Gasteiger partial charge in [-0.2, -0.15) is 0 Å². The number of hydrogen-bond acceptors (Lipinski definition) is 2. The van der Waals surface area contributed by atoms with E-state index in [1.807, 2.05) is 13.8 Å². The molecule has 0 fully saturated rings. The molecular formula is C10H10BrNO. The van der Waals surface area contributed by atoms with Crippen molar-refractivity contribution in [3.05, 3.63) is 40.1 Å². The summed E-state index contributed by atoms with van der Waals surface area (Å²) in [6, 6.07) is 3.59. The molecule has 0 radical (unpaired) electrons. The van der Waals surface area contributed by atoms with Crippen molar-refractivity contribution in [2.75, 3.05) is 0 Å². The maximum atomic E-state index is 11.5. The molecule has 0 saturated heterocycles. The van der Waals surface area contributed by atoms with Gasteiger partial charge in [-0.3, -0.25) is 9.78 Å². The lowest BCUT2D eigenvalue weighted by atomic mass is 10.2. The first-order valence-corrected chi connectivity index (χ1v) is 4.70. The fourth-order valence-corrected chi connectivity index (χ4v) is 1.35. The van der Waals surface area contributed by atoms with E-state index < -0.39 is 0 Å². The van der Waals surface area contributed by atoms with Crippen LogP contribution in [-0.2, 0) is 0 Å². The van der Waals surface area contributed by atoms with Crippen LogP contribution in [0.1, 0.15) is 24.3 Å². The number of pyridine rings is 1. The maximum Gasteiger partial charge on any atom is 0.205 e. The second-order valence-electron chi connectivity index (χ2n) is 2.92. The molecule has 1 aromatic rings. The molecule has 0 aliphatic heterocycles. The number of carbonyl (C=O) groups excluding carboxylic acids is 1. The van der Waals surface area contributed by atoms with E-state index in [1.54, 1.807) is 24.4 Å². The van der Waals surface area contributed by atoms with Crippen LogP contribution in [0.3, 0.4) is 0 Å².